The predicted octanol–water partition coefficient (Wildman–Crippen LogP) is 4.23. The smallest absolute Gasteiger partial charge is 0.319 e. The largest absolute Gasteiger partial charge is 0.462 e. The van der Waals surface area contributed by atoms with Gasteiger partial charge in [-0.3, -0.25) is 4.79 Å². The molecule has 1 saturated heterocycles. The van der Waals surface area contributed by atoms with Gasteiger partial charge in [-0.15, -0.1) is 21.5 Å². The van der Waals surface area contributed by atoms with Crippen LogP contribution in [0.4, 0.5) is 0 Å². The van der Waals surface area contributed by atoms with Gasteiger partial charge in [0.15, 0.2) is 5.16 Å². The van der Waals surface area contributed by atoms with Gasteiger partial charge in [0.25, 0.3) is 0 Å². The number of thioether (sulfide) groups is 1. The molecule has 0 aromatic carbocycles. The third kappa shape index (κ3) is 3.77. The van der Waals surface area contributed by atoms with E-state index in [0.717, 1.165) is 23.8 Å². The van der Waals surface area contributed by atoms with Crippen LogP contribution in [0.15, 0.2) is 22.7 Å². The molecule has 134 valence electrons. The lowest BCUT2D eigenvalue weighted by Crippen LogP contribution is -2.18. The van der Waals surface area contributed by atoms with Crippen LogP contribution in [0.5, 0.6) is 0 Å². The molecule has 1 saturated carbocycles. The summed E-state index contributed by atoms with van der Waals surface area (Å²) >= 11 is 3.29. The monoisotopic (exact) mass is 377 g/mol. The molecule has 0 bridgehead atoms. The fourth-order valence-electron chi connectivity index (χ4n) is 3.73. The topological polar surface area (TPSA) is 57.0 Å². The summed E-state index contributed by atoms with van der Waals surface area (Å²) in [4.78, 5) is 13.3. The summed E-state index contributed by atoms with van der Waals surface area (Å²) in [5.74, 6) is 0.909. The zero-order chi connectivity index (χ0) is 17.2. The highest BCUT2D eigenvalue weighted by Crippen LogP contribution is 2.37. The van der Waals surface area contributed by atoms with Crippen molar-refractivity contribution in [3.63, 3.8) is 0 Å². The van der Waals surface area contributed by atoms with E-state index >= 15 is 0 Å². The Kier molecular flexibility index (Phi) is 5.12. The molecule has 2 atom stereocenters. The lowest BCUT2D eigenvalue weighted by atomic mass is 9.95. The normalized spacial score (nSPS) is 24.6. The molecule has 25 heavy (non-hydrogen) atoms. The number of hydrogen-bond acceptors (Lipinski definition) is 6. The molecule has 2 aromatic heterocycles. The molecule has 0 N–H and O–H groups in total. The molecular formula is C18H23N3O2S2. The summed E-state index contributed by atoms with van der Waals surface area (Å²) in [5, 5.41) is 11.8. The van der Waals surface area contributed by atoms with E-state index in [2.05, 4.69) is 32.3 Å². The number of rotatable bonds is 5. The van der Waals surface area contributed by atoms with Gasteiger partial charge in [0.2, 0.25) is 0 Å². The van der Waals surface area contributed by atoms with E-state index in [1.165, 1.54) is 48.7 Å². The Labute approximate surface area is 156 Å². The number of hydrogen-bond donors (Lipinski definition) is 0. The summed E-state index contributed by atoms with van der Waals surface area (Å²) in [5.41, 5.74) is 0. The highest BCUT2D eigenvalue weighted by atomic mass is 32.2. The average molecular weight is 378 g/mol. The number of cyclic esters (lactones) is 1. The molecule has 3 heterocycles. The van der Waals surface area contributed by atoms with Gasteiger partial charge in [0.05, 0.1) is 0 Å². The fourth-order valence-corrected chi connectivity index (χ4v) is 5.66. The van der Waals surface area contributed by atoms with Crippen molar-refractivity contribution in [3.8, 4) is 0 Å². The van der Waals surface area contributed by atoms with Gasteiger partial charge in [0.1, 0.15) is 17.2 Å². The van der Waals surface area contributed by atoms with Crippen molar-refractivity contribution in [3.05, 3.63) is 28.2 Å². The molecule has 0 spiro atoms. The van der Waals surface area contributed by atoms with Gasteiger partial charge in [-0.2, -0.15) is 0 Å². The quantitative estimate of drug-likeness (QED) is 0.730. The van der Waals surface area contributed by atoms with E-state index in [1.54, 1.807) is 11.3 Å². The maximum Gasteiger partial charge on any atom is 0.319 e. The molecule has 0 unspecified atom stereocenters. The average Bonchev–Trinajstić information content (AvgIpc) is 3.32. The summed E-state index contributed by atoms with van der Waals surface area (Å²) in [6.07, 6.45) is 7.74. The molecule has 0 radical (unpaired) electrons. The van der Waals surface area contributed by atoms with Crippen LogP contribution in [-0.4, -0.2) is 32.1 Å². The number of esters is 1. The number of ether oxygens (including phenoxy) is 1. The summed E-state index contributed by atoms with van der Waals surface area (Å²) < 4.78 is 7.63. The third-order valence-corrected chi connectivity index (χ3v) is 7.00. The second-order valence-electron chi connectivity index (χ2n) is 6.91. The van der Waals surface area contributed by atoms with Gasteiger partial charge in [-0.25, -0.2) is 0 Å². The van der Waals surface area contributed by atoms with E-state index < -0.39 is 0 Å². The number of thiophene rings is 1. The van der Waals surface area contributed by atoms with Crippen LogP contribution in [0.1, 0.15) is 62.2 Å². The van der Waals surface area contributed by atoms with Crippen molar-refractivity contribution in [1.82, 2.24) is 14.8 Å². The molecular weight excluding hydrogens is 354 g/mol. The van der Waals surface area contributed by atoms with Crippen molar-refractivity contribution in [2.24, 2.45) is 0 Å². The fraction of sp³-hybridized carbons (Fsp3) is 0.611. The molecule has 1 aliphatic carbocycles. The van der Waals surface area contributed by atoms with Crippen molar-refractivity contribution < 1.29 is 9.53 Å². The van der Waals surface area contributed by atoms with Gasteiger partial charge in [-0.05, 0) is 31.2 Å². The minimum atomic E-state index is -0.156. The molecule has 5 nitrogen and oxygen atoms in total. The van der Waals surface area contributed by atoms with E-state index in [-0.39, 0.29) is 17.3 Å². The number of nitrogens with zero attached hydrogens (tertiary/aromatic N) is 3. The van der Waals surface area contributed by atoms with Crippen molar-refractivity contribution in [2.75, 3.05) is 0 Å². The zero-order valence-electron chi connectivity index (χ0n) is 14.4. The van der Waals surface area contributed by atoms with Crippen molar-refractivity contribution in [1.29, 1.82) is 0 Å². The van der Waals surface area contributed by atoms with Crippen LogP contribution < -0.4 is 0 Å². The van der Waals surface area contributed by atoms with E-state index in [1.807, 2.05) is 6.92 Å². The number of aromatic nitrogens is 3. The van der Waals surface area contributed by atoms with Gasteiger partial charge in [-0.1, -0.05) is 37.1 Å². The van der Waals surface area contributed by atoms with Crippen LogP contribution in [-0.2, 0) is 16.0 Å². The Bertz CT molecular complexity index is 723. The van der Waals surface area contributed by atoms with Crippen LogP contribution in [0.3, 0.4) is 0 Å². The predicted molar refractivity (Wildman–Crippen MR) is 99.1 cm³/mol. The highest BCUT2D eigenvalue weighted by Gasteiger charge is 2.35. The lowest BCUT2D eigenvalue weighted by Gasteiger charge is -2.25. The SMILES string of the molecule is C[C@@H]1C[C@@H](Sc2nnc(Cc3cccs3)n2C2CCCCC2)C(=O)O1. The molecule has 1 aliphatic heterocycles. The first kappa shape index (κ1) is 17.1. The maximum atomic E-state index is 12.0. The van der Waals surface area contributed by atoms with Gasteiger partial charge in [0, 0.05) is 23.8 Å². The van der Waals surface area contributed by atoms with Gasteiger partial charge >= 0.3 is 5.97 Å². The first-order chi connectivity index (χ1) is 12.2. The Morgan fingerprint density at radius 1 is 1.32 bits per heavy atom. The van der Waals surface area contributed by atoms with E-state index in [0.29, 0.717) is 6.04 Å². The third-order valence-electron chi connectivity index (χ3n) is 4.96. The minimum Gasteiger partial charge on any atom is -0.462 e. The van der Waals surface area contributed by atoms with Gasteiger partial charge < -0.3 is 9.30 Å². The Hall–Kier alpha value is -1.34. The molecule has 7 heteroatoms. The molecule has 2 aromatic rings. The number of carbonyl (C=O) groups excluding carboxylic acids is 1. The Morgan fingerprint density at radius 3 is 2.84 bits per heavy atom. The Balaban J connectivity index is 1.61. The van der Waals surface area contributed by atoms with Crippen LogP contribution >= 0.6 is 23.1 Å². The summed E-state index contributed by atoms with van der Waals surface area (Å²) in [6, 6.07) is 4.68. The standard InChI is InChI=1S/C18H23N3O2S2/c1-12-10-15(17(22)23-12)25-18-20-19-16(11-14-8-5-9-24-14)21(18)13-6-3-2-4-7-13/h5,8-9,12-13,15H,2-4,6-7,10-11H2,1H3/t12-,15-/m1/s1. The molecule has 0 amide bonds. The lowest BCUT2D eigenvalue weighted by molar-refractivity contribution is -0.140. The van der Waals surface area contributed by atoms with Crippen molar-refractivity contribution >= 4 is 29.1 Å². The maximum absolute atomic E-state index is 12.0. The second kappa shape index (κ2) is 7.50. The summed E-state index contributed by atoms with van der Waals surface area (Å²) in [7, 11) is 0. The first-order valence-corrected chi connectivity index (χ1v) is 10.8. The van der Waals surface area contributed by atoms with E-state index in [9.17, 15) is 4.79 Å². The molecule has 2 aliphatic rings. The van der Waals surface area contributed by atoms with Crippen LogP contribution in [0.2, 0.25) is 0 Å². The molecule has 4 rings (SSSR count). The second-order valence-corrected chi connectivity index (χ2v) is 9.11. The van der Waals surface area contributed by atoms with E-state index in [4.69, 9.17) is 4.74 Å². The number of carbonyl (C=O) groups is 1. The van der Waals surface area contributed by atoms with Crippen LogP contribution in [0, 0.1) is 0 Å². The molecule has 2 fully saturated rings. The minimum absolute atomic E-state index is 0.00152. The first-order valence-electron chi connectivity index (χ1n) is 9.04. The van der Waals surface area contributed by atoms with Crippen molar-refractivity contribution in [2.45, 2.75) is 74.4 Å². The highest BCUT2D eigenvalue weighted by molar-refractivity contribution is 8.00. The Morgan fingerprint density at radius 2 is 2.16 bits per heavy atom. The summed E-state index contributed by atoms with van der Waals surface area (Å²) in [6.45, 7) is 1.95. The van der Waals surface area contributed by atoms with Crippen LogP contribution in [0.25, 0.3) is 0 Å². The zero-order valence-corrected chi connectivity index (χ0v) is 16.0.